The summed E-state index contributed by atoms with van der Waals surface area (Å²) in [5.74, 6) is -0.865. The summed E-state index contributed by atoms with van der Waals surface area (Å²) in [6, 6.07) is 12.8. The zero-order valence-electron chi connectivity index (χ0n) is 18.4. The Kier molecular flexibility index (Phi) is 6.82. The molecule has 2 aliphatic rings. The minimum absolute atomic E-state index is 0. The Balaban J connectivity index is 0.00000289. The van der Waals surface area contributed by atoms with Gasteiger partial charge in [-0.25, -0.2) is 0 Å². The molecule has 1 amide bonds. The van der Waals surface area contributed by atoms with E-state index in [1.54, 1.807) is 12.1 Å². The Labute approximate surface area is 193 Å². The Hall–Kier alpha value is -2.25. The highest BCUT2D eigenvalue weighted by Gasteiger charge is 2.47. The number of carbonyl (C=O) groups excluding carboxylic acids is 1. The Morgan fingerprint density at radius 3 is 2.28 bits per heavy atom. The lowest BCUT2D eigenvalue weighted by Crippen LogP contribution is -2.53. The highest BCUT2D eigenvalue weighted by Crippen LogP contribution is 2.41. The van der Waals surface area contributed by atoms with Gasteiger partial charge in [-0.3, -0.25) is 4.79 Å². The maximum Gasteiger partial charge on any atom is 0.413 e. The van der Waals surface area contributed by atoms with Gasteiger partial charge in [-0.15, -0.1) is 12.4 Å². The second kappa shape index (κ2) is 8.94. The van der Waals surface area contributed by atoms with E-state index < -0.39 is 18.1 Å². The van der Waals surface area contributed by atoms with Gasteiger partial charge < -0.3 is 15.5 Å². The summed E-state index contributed by atoms with van der Waals surface area (Å²) in [5.41, 5.74) is 3.34. The maximum atomic E-state index is 13.9. The van der Waals surface area contributed by atoms with Crippen LogP contribution in [0, 0.1) is 5.92 Å². The third kappa shape index (κ3) is 4.46. The first-order valence-corrected chi connectivity index (χ1v) is 10.6. The lowest BCUT2D eigenvalue weighted by Gasteiger charge is -2.36. The average molecular weight is 468 g/mol. The molecule has 8 heteroatoms. The van der Waals surface area contributed by atoms with Gasteiger partial charge in [0.1, 0.15) is 0 Å². The van der Waals surface area contributed by atoms with Crippen molar-refractivity contribution < 1.29 is 18.0 Å². The molecule has 0 aromatic heterocycles. The second-order valence-electron chi connectivity index (χ2n) is 9.15. The quantitative estimate of drug-likeness (QED) is 0.669. The van der Waals surface area contributed by atoms with E-state index in [0.717, 1.165) is 17.0 Å². The molecule has 1 aliphatic carbocycles. The van der Waals surface area contributed by atoms with Gasteiger partial charge in [-0.1, -0.05) is 50.2 Å². The molecule has 4 rings (SSSR count). The van der Waals surface area contributed by atoms with Crippen LogP contribution in [0.5, 0.6) is 0 Å². The number of alkyl halides is 3. The van der Waals surface area contributed by atoms with Gasteiger partial charge in [0.2, 0.25) is 5.91 Å². The Bertz CT molecular complexity index is 958. The van der Waals surface area contributed by atoms with Crippen molar-refractivity contribution in [1.82, 2.24) is 10.2 Å². The molecule has 1 aliphatic heterocycles. The number of nitrogens with one attached hydrogen (secondary N) is 2. The predicted molar refractivity (Wildman–Crippen MR) is 122 cm³/mol. The normalized spacial score (nSPS) is 20.5. The number of amides is 1. The van der Waals surface area contributed by atoms with Gasteiger partial charge in [0.15, 0.2) is 6.04 Å². The van der Waals surface area contributed by atoms with E-state index >= 15 is 0 Å². The van der Waals surface area contributed by atoms with Gasteiger partial charge in [-0.05, 0) is 35.2 Å². The lowest BCUT2D eigenvalue weighted by atomic mass is 9.83. The first-order valence-electron chi connectivity index (χ1n) is 10.6. The number of nitrogens with zero attached hydrogens (tertiary/aromatic N) is 1. The summed E-state index contributed by atoms with van der Waals surface area (Å²) in [6.07, 6.45) is -3.69. The van der Waals surface area contributed by atoms with E-state index in [4.69, 9.17) is 0 Å². The molecule has 2 aromatic carbocycles. The van der Waals surface area contributed by atoms with Crippen LogP contribution in [-0.4, -0.2) is 43.2 Å². The molecule has 1 fully saturated rings. The van der Waals surface area contributed by atoms with Crippen molar-refractivity contribution in [3.8, 4) is 0 Å². The number of hydrogen-bond acceptors (Lipinski definition) is 3. The van der Waals surface area contributed by atoms with Crippen LogP contribution in [0.3, 0.4) is 0 Å². The van der Waals surface area contributed by atoms with Gasteiger partial charge in [0.25, 0.3) is 0 Å². The van der Waals surface area contributed by atoms with Gasteiger partial charge in [-0.2, -0.15) is 13.2 Å². The zero-order valence-corrected chi connectivity index (χ0v) is 19.2. The second-order valence-corrected chi connectivity index (χ2v) is 9.15. The van der Waals surface area contributed by atoms with Crippen LogP contribution in [0.1, 0.15) is 36.6 Å². The number of benzene rings is 2. The number of carbonyl (C=O) groups is 1. The third-order valence-electron chi connectivity index (χ3n) is 6.75. The van der Waals surface area contributed by atoms with Crippen LogP contribution in [0.4, 0.5) is 18.9 Å². The van der Waals surface area contributed by atoms with Crippen LogP contribution >= 0.6 is 12.4 Å². The molecule has 0 radical (unpaired) electrons. The van der Waals surface area contributed by atoms with E-state index in [0.29, 0.717) is 13.1 Å². The first-order chi connectivity index (χ1) is 14.6. The van der Waals surface area contributed by atoms with Crippen molar-refractivity contribution in [3.63, 3.8) is 0 Å². The van der Waals surface area contributed by atoms with Crippen molar-refractivity contribution in [1.29, 1.82) is 0 Å². The van der Waals surface area contributed by atoms with E-state index in [-0.39, 0.29) is 35.3 Å². The minimum Gasteiger partial charge on any atom is -0.381 e. The molecule has 174 valence electrons. The largest absolute Gasteiger partial charge is 0.413 e. The van der Waals surface area contributed by atoms with E-state index in [2.05, 4.69) is 36.6 Å². The highest BCUT2D eigenvalue weighted by atomic mass is 35.5. The number of rotatable bonds is 5. The summed E-state index contributed by atoms with van der Waals surface area (Å²) < 4.78 is 41.6. The number of halogens is 4. The minimum atomic E-state index is -4.55. The fourth-order valence-electron chi connectivity index (χ4n) is 4.69. The molecule has 0 saturated carbocycles. The maximum absolute atomic E-state index is 13.9. The van der Waals surface area contributed by atoms with Crippen molar-refractivity contribution >= 4 is 24.0 Å². The molecule has 0 bridgehead atoms. The molecule has 2 N–H and O–H groups in total. The fourth-order valence-corrected chi connectivity index (χ4v) is 4.69. The number of anilines is 1. The summed E-state index contributed by atoms with van der Waals surface area (Å²) in [4.78, 5) is 13.3. The van der Waals surface area contributed by atoms with Crippen molar-refractivity contribution in [2.24, 2.45) is 5.92 Å². The molecule has 2 atom stereocenters. The SMILES string of the molecule is CN(C(=O)C1CNC1)C(c1ccc(NC2Cc3ccccc3C2(C)C)cc1)C(F)(F)F.Cl. The molecule has 1 heterocycles. The zero-order chi connectivity index (χ0) is 22.4. The Morgan fingerprint density at radius 2 is 1.75 bits per heavy atom. The summed E-state index contributed by atoms with van der Waals surface area (Å²) in [7, 11) is 1.24. The molecule has 32 heavy (non-hydrogen) atoms. The number of hydrogen-bond donors (Lipinski definition) is 2. The number of fused-ring (bicyclic) bond motifs is 1. The Morgan fingerprint density at radius 1 is 1.12 bits per heavy atom. The molecule has 0 spiro atoms. The van der Waals surface area contributed by atoms with E-state index in [1.165, 1.54) is 30.3 Å². The molecule has 2 unspecified atom stereocenters. The van der Waals surface area contributed by atoms with Crippen LogP contribution in [0.2, 0.25) is 0 Å². The van der Waals surface area contributed by atoms with Crippen LogP contribution in [0.15, 0.2) is 48.5 Å². The van der Waals surface area contributed by atoms with Crippen molar-refractivity contribution in [2.45, 2.75) is 43.9 Å². The summed E-state index contributed by atoms with van der Waals surface area (Å²) in [6.45, 7) is 5.22. The van der Waals surface area contributed by atoms with Crippen molar-refractivity contribution in [2.75, 3.05) is 25.5 Å². The first kappa shape index (κ1) is 24.4. The summed E-state index contributed by atoms with van der Waals surface area (Å²) in [5, 5.41) is 6.43. The highest BCUT2D eigenvalue weighted by molar-refractivity contribution is 5.85. The monoisotopic (exact) mass is 467 g/mol. The lowest BCUT2D eigenvalue weighted by molar-refractivity contribution is -0.191. The smallest absolute Gasteiger partial charge is 0.381 e. The molecular weight excluding hydrogens is 439 g/mol. The van der Waals surface area contributed by atoms with Crippen molar-refractivity contribution in [3.05, 3.63) is 65.2 Å². The fraction of sp³-hybridized carbons (Fsp3) is 0.458. The van der Waals surface area contributed by atoms with E-state index in [1.807, 2.05) is 12.1 Å². The van der Waals surface area contributed by atoms with Gasteiger partial charge in [0, 0.05) is 37.3 Å². The predicted octanol–water partition coefficient (Wildman–Crippen LogP) is 4.70. The van der Waals surface area contributed by atoms with E-state index in [9.17, 15) is 18.0 Å². The van der Waals surface area contributed by atoms with Crippen LogP contribution < -0.4 is 10.6 Å². The van der Waals surface area contributed by atoms with Crippen LogP contribution in [0.25, 0.3) is 0 Å². The van der Waals surface area contributed by atoms with Crippen LogP contribution in [-0.2, 0) is 16.6 Å². The topological polar surface area (TPSA) is 44.4 Å². The average Bonchev–Trinajstić information content (AvgIpc) is 2.91. The molecule has 2 aromatic rings. The summed E-state index contributed by atoms with van der Waals surface area (Å²) >= 11 is 0. The molecular formula is C24H29ClF3N3O. The molecule has 1 saturated heterocycles. The third-order valence-corrected chi connectivity index (χ3v) is 6.75. The molecule has 4 nitrogen and oxygen atoms in total. The van der Waals surface area contributed by atoms with Gasteiger partial charge >= 0.3 is 6.18 Å². The van der Waals surface area contributed by atoms with Gasteiger partial charge in [0.05, 0.1) is 5.92 Å². The standard InChI is InChI=1S/C24H28F3N3O.ClH/c1-23(2)19-7-5-4-6-16(19)12-20(23)29-18-10-8-15(9-11-18)21(24(25,26)27)30(3)22(31)17-13-28-14-17;/h4-11,17,20-21,28-29H,12-14H2,1-3H3;1H.